The molecule has 1 aromatic carbocycles. The zero-order valence-corrected chi connectivity index (χ0v) is 22.1. The number of esters is 1. The van der Waals surface area contributed by atoms with Gasteiger partial charge in [-0.1, -0.05) is 26.2 Å². The summed E-state index contributed by atoms with van der Waals surface area (Å²) in [6.45, 7) is 10.5. The van der Waals surface area contributed by atoms with Crippen molar-refractivity contribution in [1.29, 1.82) is 0 Å². The molecule has 6 heteroatoms. The number of fused-ring (bicyclic) bond motifs is 2. The fourth-order valence-corrected chi connectivity index (χ4v) is 6.58. The molecule has 5 nitrogen and oxygen atoms in total. The Morgan fingerprint density at radius 2 is 1.80 bits per heavy atom. The average molecular weight is 488 g/mol. The summed E-state index contributed by atoms with van der Waals surface area (Å²) in [7, 11) is 0. The van der Waals surface area contributed by atoms with E-state index in [4.69, 9.17) is 9.47 Å². The van der Waals surface area contributed by atoms with Crippen molar-refractivity contribution < 1.29 is 23.5 Å². The second-order valence-electron chi connectivity index (χ2n) is 12.2. The molecule has 35 heavy (non-hydrogen) atoms. The van der Waals surface area contributed by atoms with Crippen LogP contribution in [0.25, 0.3) is 0 Å². The van der Waals surface area contributed by atoms with E-state index < -0.39 is 29.3 Å². The van der Waals surface area contributed by atoms with Crippen LogP contribution in [-0.4, -0.2) is 41.6 Å². The van der Waals surface area contributed by atoms with Gasteiger partial charge in [-0.25, -0.2) is 9.18 Å². The fraction of sp³-hybridized carbons (Fsp3) is 0.724. The molecule has 3 fully saturated rings. The van der Waals surface area contributed by atoms with E-state index in [2.05, 4.69) is 6.92 Å². The lowest BCUT2D eigenvalue weighted by atomic mass is 9.60. The maximum absolute atomic E-state index is 15.2. The summed E-state index contributed by atoms with van der Waals surface area (Å²) >= 11 is 0. The van der Waals surface area contributed by atoms with Crippen LogP contribution in [0.1, 0.15) is 101 Å². The van der Waals surface area contributed by atoms with Gasteiger partial charge in [-0.3, -0.25) is 4.79 Å². The predicted octanol–water partition coefficient (Wildman–Crippen LogP) is 6.46. The van der Waals surface area contributed by atoms with Crippen molar-refractivity contribution in [3.05, 3.63) is 29.1 Å². The first-order valence-corrected chi connectivity index (χ1v) is 13.5. The number of amides is 1. The lowest BCUT2D eigenvalue weighted by Crippen LogP contribution is -2.43. The van der Waals surface area contributed by atoms with Crippen LogP contribution in [0.2, 0.25) is 0 Å². The number of halogens is 1. The SMILES string of the molecule is CCC1(COc2cc(F)c(C(=O)N3CCC[C@H]3C(=O)OC(C)(C)C)cc2C)CC2CCCC(C2)C1. The molecule has 1 heterocycles. The number of benzene rings is 1. The van der Waals surface area contributed by atoms with Crippen molar-refractivity contribution in [3.63, 3.8) is 0 Å². The third-order valence-corrected chi connectivity index (χ3v) is 8.31. The Labute approximate surface area is 209 Å². The molecule has 2 saturated carbocycles. The number of carbonyl (C=O) groups is 2. The topological polar surface area (TPSA) is 55.8 Å². The largest absolute Gasteiger partial charge is 0.493 e. The lowest BCUT2D eigenvalue weighted by molar-refractivity contribution is -0.159. The van der Waals surface area contributed by atoms with Crippen LogP contribution in [0.5, 0.6) is 5.75 Å². The van der Waals surface area contributed by atoms with Crippen molar-refractivity contribution in [2.45, 2.75) is 104 Å². The number of carbonyl (C=O) groups excluding carboxylic acids is 2. The monoisotopic (exact) mass is 487 g/mol. The number of nitrogens with zero attached hydrogens (tertiary/aromatic N) is 1. The molecule has 1 aromatic rings. The van der Waals surface area contributed by atoms with E-state index in [9.17, 15) is 9.59 Å². The van der Waals surface area contributed by atoms with Crippen LogP contribution in [-0.2, 0) is 9.53 Å². The number of likely N-dealkylation sites (tertiary alicyclic amines) is 1. The van der Waals surface area contributed by atoms with Crippen LogP contribution in [0.4, 0.5) is 4.39 Å². The Morgan fingerprint density at radius 1 is 1.11 bits per heavy atom. The van der Waals surface area contributed by atoms with Crippen molar-refractivity contribution in [1.82, 2.24) is 4.90 Å². The number of hydrogen-bond donors (Lipinski definition) is 0. The van der Waals surface area contributed by atoms with Gasteiger partial charge < -0.3 is 14.4 Å². The Bertz CT molecular complexity index is 941. The predicted molar refractivity (Wildman–Crippen MR) is 134 cm³/mol. The van der Waals surface area contributed by atoms with Crippen molar-refractivity contribution in [2.75, 3.05) is 13.2 Å². The van der Waals surface area contributed by atoms with Crippen molar-refractivity contribution in [2.24, 2.45) is 17.3 Å². The second kappa shape index (κ2) is 10.1. The van der Waals surface area contributed by atoms with E-state index in [0.717, 1.165) is 23.8 Å². The van der Waals surface area contributed by atoms with Crippen LogP contribution >= 0.6 is 0 Å². The molecule has 0 radical (unpaired) electrons. The second-order valence-corrected chi connectivity index (χ2v) is 12.2. The van der Waals surface area contributed by atoms with E-state index >= 15 is 4.39 Å². The third kappa shape index (κ3) is 5.83. The highest BCUT2D eigenvalue weighted by Gasteiger charge is 2.42. The van der Waals surface area contributed by atoms with E-state index in [0.29, 0.717) is 31.7 Å². The summed E-state index contributed by atoms with van der Waals surface area (Å²) in [5, 5.41) is 0. The van der Waals surface area contributed by atoms with Crippen LogP contribution in [0, 0.1) is 30.0 Å². The summed E-state index contributed by atoms with van der Waals surface area (Å²) in [5.41, 5.74) is 0.247. The standard InChI is InChI=1S/C29H42FNO4/c1-6-29(16-20-9-7-10-21(14-20)17-29)18-34-25-15-23(30)22(13-19(25)2)26(32)31-12-8-11-24(31)27(33)35-28(3,4)5/h13,15,20-21,24H,6-12,14,16-18H2,1-5H3/t20?,21?,24-,29?/m0/s1. The van der Waals surface area contributed by atoms with E-state index in [1.165, 1.54) is 49.5 Å². The third-order valence-electron chi connectivity index (χ3n) is 8.31. The molecule has 1 amide bonds. The molecule has 0 spiro atoms. The highest BCUT2D eigenvalue weighted by atomic mass is 19.1. The average Bonchev–Trinajstić information content (AvgIpc) is 3.28. The highest BCUT2D eigenvalue weighted by Crippen LogP contribution is 2.50. The molecule has 4 rings (SSSR count). The minimum Gasteiger partial charge on any atom is -0.493 e. The summed E-state index contributed by atoms with van der Waals surface area (Å²) in [4.78, 5) is 27.4. The zero-order chi connectivity index (χ0) is 25.4. The van der Waals surface area contributed by atoms with Gasteiger partial charge in [0.15, 0.2) is 0 Å². The molecule has 2 aliphatic carbocycles. The first-order chi connectivity index (χ1) is 16.5. The summed E-state index contributed by atoms with van der Waals surface area (Å²) in [6, 6.07) is 2.26. The lowest BCUT2D eigenvalue weighted by Gasteiger charge is -2.46. The minimum atomic E-state index is -0.674. The highest BCUT2D eigenvalue weighted by molar-refractivity contribution is 5.97. The minimum absolute atomic E-state index is 0.0114. The van der Waals surface area contributed by atoms with Gasteiger partial charge in [-0.15, -0.1) is 0 Å². The van der Waals surface area contributed by atoms with Gasteiger partial charge in [-0.2, -0.15) is 0 Å². The van der Waals surface area contributed by atoms with E-state index in [1.807, 2.05) is 6.92 Å². The Hall–Kier alpha value is -2.11. The van der Waals surface area contributed by atoms with E-state index in [1.54, 1.807) is 26.8 Å². The Kier molecular flexibility index (Phi) is 7.49. The zero-order valence-electron chi connectivity index (χ0n) is 22.1. The molecule has 2 bridgehead atoms. The van der Waals surface area contributed by atoms with Crippen molar-refractivity contribution in [3.8, 4) is 5.75 Å². The van der Waals surface area contributed by atoms with Gasteiger partial charge in [-0.05, 0) is 89.7 Å². The van der Waals surface area contributed by atoms with Crippen LogP contribution < -0.4 is 4.74 Å². The van der Waals surface area contributed by atoms with Gasteiger partial charge >= 0.3 is 5.97 Å². The molecule has 0 N–H and O–H groups in total. The first kappa shape index (κ1) is 26.0. The molecular weight excluding hydrogens is 445 g/mol. The normalized spacial score (nSPS) is 28.6. The molecule has 0 aromatic heterocycles. The summed E-state index contributed by atoms with van der Waals surface area (Å²) in [6.07, 6.45) is 10.0. The number of hydrogen-bond acceptors (Lipinski definition) is 4. The molecule has 1 saturated heterocycles. The maximum Gasteiger partial charge on any atom is 0.329 e. The molecule has 3 aliphatic rings. The summed E-state index contributed by atoms with van der Waals surface area (Å²) in [5.74, 6) is 0.604. The molecule has 194 valence electrons. The van der Waals surface area contributed by atoms with Gasteiger partial charge in [0.25, 0.3) is 5.91 Å². The van der Waals surface area contributed by atoms with Crippen LogP contribution in [0.3, 0.4) is 0 Å². The molecule has 3 atom stereocenters. The first-order valence-electron chi connectivity index (χ1n) is 13.5. The maximum atomic E-state index is 15.2. The summed E-state index contributed by atoms with van der Waals surface area (Å²) < 4.78 is 27.0. The molecule has 2 unspecified atom stereocenters. The van der Waals surface area contributed by atoms with Gasteiger partial charge in [0.05, 0.1) is 12.2 Å². The smallest absolute Gasteiger partial charge is 0.329 e. The van der Waals surface area contributed by atoms with Gasteiger partial charge in [0.2, 0.25) is 0 Å². The van der Waals surface area contributed by atoms with Gasteiger partial charge in [0, 0.05) is 18.0 Å². The molecule has 1 aliphatic heterocycles. The Balaban J connectivity index is 1.46. The fourth-order valence-electron chi connectivity index (χ4n) is 6.58. The quantitative estimate of drug-likeness (QED) is 0.432. The van der Waals surface area contributed by atoms with Gasteiger partial charge in [0.1, 0.15) is 23.2 Å². The van der Waals surface area contributed by atoms with Crippen LogP contribution in [0.15, 0.2) is 12.1 Å². The number of rotatable bonds is 6. The Morgan fingerprint density at radius 3 is 2.43 bits per heavy atom. The molecular formula is C29H42FNO4. The van der Waals surface area contributed by atoms with Crippen molar-refractivity contribution >= 4 is 11.9 Å². The van der Waals surface area contributed by atoms with E-state index in [-0.39, 0.29) is 11.0 Å². The number of ether oxygens (including phenoxy) is 2. The number of aryl methyl sites for hydroxylation is 1.